The van der Waals surface area contributed by atoms with Gasteiger partial charge in [-0.2, -0.15) is 4.31 Å². The van der Waals surface area contributed by atoms with Crippen LogP contribution in [-0.2, 0) is 10.0 Å². The van der Waals surface area contributed by atoms with Gasteiger partial charge in [0.2, 0.25) is 10.0 Å². The summed E-state index contributed by atoms with van der Waals surface area (Å²) in [4.78, 5) is 13.5. The Morgan fingerprint density at radius 3 is 1.97 bits per heavy atom. The number of anilines is 1. The molecule has 2 N–H and O–H groups in total. The first-order valence-electron chi connectivity index (χ1n) is 12.5. The maximum atomic E-state index is 13.2. The molecule has 5 aliphatic rings. The predicted octanol–water partition coefficient (Wildman–Crippen LogP) is 5.43. The second kappa shape index (κ2) is 7.45. The second-order valence-electron chi connectivity index (χ2n) is 12.8. The molecule has 5 fully saturated rings. The van der Waals surface area contributed by atoms with E-state index in [9.17, 15) is 13.2 Å². The van der Waals surface area contributed by atoms with Crippen LogP contribution in [0.3, 0.4) is 0 Å². The molecule has 0 unspecified atom stereocenters. The van der Waals surface area contributed by atoms with E-state index in [2.05, 4.69) is 31.4 Å². The Kier molecular flexibility index (Phi) is 5.23. The zero-order valence-corrected chi connectivity index (χ0v) is 21.4. The first-order valence-corrected chi connectivity index (χ1v) is 14.0. The highest BCUT2D eigenvalue weighted by Gasteiger charge is 2.64. The zero-order chi connectivity index (χ0) is 23.7. The lowest BCUT2D eigenvalue weighted by Gasteiger charge is -2.69. The maximum absolute atomic E-state index is 13.2. The Bertz CT molecular complexity index is 1020. The maximum Gasteiger partial charge on any atom is 0.319 e. The Morgan fingerprint density at radius 2 is 1.42 bits per heavy atom. The molecule has 4 bridgehead atoms. The van der Waals surface area contributed by atoms with Crippen molar-refractivity contribution in [1.82, 2.24) is 9.62 Å². The van der Waals surface area contributed by atoms with E-state index in [1.807, 2.05) is 6.92 Å². The molecule has 4 saturated carbocycles. The van der Waals surface area contributed by atoms with Gasteiger partial charge in [0.05, 0.1) is 4.90 Å². The lowest BCUT2D eigenvalue weighted by atomic mass is 9.38. The molecule has 4 aliphatic carbocycles. The number of carbonyl (C=O) groups is 1. The molecule has 1 heterocycles. The van der Waals surface area contributed by atoms with Crippen LogP contribution >= 0.6 is 0 Å². The first-order chi connectivity index (χ1) is 15.3. The van der Waals surface area contributed by atoms with E-state index in [0.717, 1.165) is 44.1 Å². The average molecular weight is 474 g/mol. The number of urea groups is 1. The van der Waals surface area contributed by atoms with Crippen LogP contribution in [0.5, 0.6) is 0 Å². The van der Waals surface area contributed by atoms with Crippen molar-refractivity contribution in [3.8, 4) is 0 Å². The number of nitrogens with zero attached hydrogens (tertiary/aromatic N) is 1. The fourth-order valence-electron chi connectivity index (χ4n) is 8.97. The second-order valence-corrected chi connectivity index (χ2v) is 14.7. The van der Waals surface area contributed by atoms with Gasteiger partial charge in [-0.1, -0.05) is 33.3 Å². The smallest absolute Gasteiger partial charge is 0.319 e. The van der Waals surface area contributed by atoms with Crippen LogP contribution in [0.15, 0.2) is 23.1 Å². The van der Waals surface area contributed by atoms with E-state index in [4.69, 9.17) is 0 Å². The van der Waals surface area contributed by atoms with Gasteiger partial charge in [-0.15, -0.1) is 0 Å². The molecule has 0 radical (unpaired) electrons. The van der Waals surface area contributed by atoms with Crippen LogP contribution in [0.4, 0.5) is 10.5 Å². The predicted molar refractivity (Wildman–Crippen MR) is 131 cm³/mol. The summed E-state index contributed by atoms with van der Waals surface area (Å²) in [6, 6.07) is 4.86. The van der Waals surface area contributed by atoms with Crippen molar-refractivity contribution >= 4 is 21.7 Å². The Morgan fingerprint density at radius 1 is 0.879 bits per heavy atom. The summed E-state index contributed by atoms with van der Waals surface area (Å²) in [7, 11) is -3.54. The minimum atomic E-state index is -3.54. The molecule has 1 aliphatic heterocycles. The van der Waals surface area contributed by atoms with Crippen molar-refractivity contribution in [1.29, 1.82) is 0 Å². The number of amides is 2. The fraction of sp³-hybridized carbons (Fsp3) is 0.731. The lowest BCUT2D eigenvalue weighted by molar-refractivity contribution is -0.154. The van der Waals surface area contributed by atoms with Crippen molar-refractivity contribution in [2.24, 2.45) is 16.2 Å². The summed E-state index contributed by atoms with van der Waals surface area (Å²) in [6.45, 7) is 10.2. The third kappa shape index (κ3) is 4.20. The lowest BCUT2D eigenvalue weighted by Crippen LogP contribution is -2.68. The standard InChI is InChI=1S/C26H39N3O3S/c1-19-8-9-20(33(31,32)29-10-6-5-7-11-29)12-21(19)27-22(30)28-26-16-23(2)13-24(3,17-26)15-25(4,14-23)18-26/h8-9,12H,5-7,10-11,13-18H2,1-4H3,(H2,27,28,30). The number of sulfonamides is 1. The number of nitrogens with one attached hydrogen (secondary N) is 2. The quantitative estimate of drug-likeness (QED) is 0.612. The molecule has 6 nitrogen and oxygen atoms in total. The number of hydrogen-bond acceptors (Lipinski definition) is 3. The topological polar surface area (TPSA) is 78.5 Å². The van der Waals surface area contributed by atoms with E-state index < -0.39 is 10.0 Å². The van der Waals surface area contributed by atoms with Gasteiger partial charge in [0.15, 0.2) is 0 Å². The summed E-state index contributed by atoms with van der Waals surface area (Å²) in [5.41, 5.74) is 2.10. The minimum absolute atomic E-state index is 0.178. The average Bonchev–Trinajstić information content (AvgIpc) is 2.66. The molecule has 1 aromatic rings. The number of hydrogen-bond donors (Lipinski definition) is 2. The van der Waals surface area contributed by atoms with Gasteiger partial charge >= 0.3 is 6.03 Å². The Balaban J connectivity index is 1.35. The largest absolute Gasteiger partial charge is 0.332 e. The normalized spacial score (nSPS) is 38.3. The van der Waals surface area contributed by atoms with Gasteiger partial charge in [-0.3, -0.25) is 0 Å². The van der Waals surface area contributed by atoms with E-state index in [1.165, 1.54) is 19.3 Å². The van der Waals surface area contributed by atoms with E-state index in [0.29, 0.717) is 18.8 Å². The number of carbonyl (C=O) groups excluding carboxylic acids is 1. The summed E-state index contributed by atoms with van der Waals surface area (Å²) in [6.07, 6.45) is 9.70. The highest BCUT2D eigenvalue weighted by Crippen LogP contribution is 2.70. The summed E-state index contributed by atoms with van der Waals surface area (Å²) >= 11 is 0. The Labute approximate surface area is 198 Å². The molecule has 1 saturated heterocycles. The van der Waals surface area contributed by atoms with Gasteiger partial charge < -0.3 is 10.6 Å². The molecular weight excluding hydrogens is 434 g/mol. The number of piperidine rings is 1. The molecule has 1 aromatic carbocycles. The third-order valence-electron chi connectivity index (χ3n) is 8.64. The van der Waals surface area contributed by atoms with Crippen LogP contribution in [0.25, 0.3) is 0 Å². The van der Waals surface area contributed by atoms with E-state index in [-0.39, 0.29) is 32.7 Å². The van der Waals surface area contributed by atoms with Crippen LogP contribution in [0.1, 0.15) is 84.1 Å². The van der Waals surface area contributed by atoms with Crippen molar-refractivity contribution < 1.29 is 13.2 Å². The summed E-state index contributed by atoms with van der Waals surface area (Å²) in [5.74, 6) is 0. The molecular formula is C26H39N3O3S. The first kappa shape index (κ1) is 23.2. The van der Waals surface area contributed by atoms with Crippen LogP contribution in [-0.4, -0.2) is 37.4 Å². The SMILES string of the molecule is Cc1ccc(S(=O)(=O)N2CCCCC2)cc1NC(=O)NC12CC3(C)CC(C)(CC(C)(C3)C1)C2. The van der Waals surface area contributed by atoms with Crippen molar-refractivity contribution in [2.75, 3.05) is 18.4 Å². The van der Waals surface area contributed by atoms with Crippen LogP contribution in [0, 0.1) is 23.2 Å². The Hall–Kier alpha value is -1.60. The van der Waals surface area contributed by atoms with Gasteiger partial charge in [0.1, 0.15) is 0 Å². The summed E-state index contributed by atoms with van der Waals surface area (Å²) < 4.78 is 27.9. The van der Waals surface area contributed by atoms with Gasteiger partial charge in [0, 0.05) is 24.3 Å². The molecule has 0 atom stereocenters. The highest BCUT2D eigenvalue weighted by atomic mass is 32.2. The van der Waals surface area contributed by atoms with E-state index in [1.54, 1.807) is 22.5 Å². The van der Waals surface area contributed by atoms with Gasteiger partial charge in [0.25, 0.3) is 0 Å². The fourth-order valence-corrected chi connectivity index (χ4v) is 10.5. The number of aryl methyl sites for hydroxylation is 1. The van der Waals surface area contributed by atoms with Gasteiger partial charge in [-0.25, -0.2) is 13.2 Å². The van der Waals surface area contributed by atoms with Crippen molar-refractivity contribution in [3.63, 3.8) is 0 Å². The number of rotatable bonds is 4. The molecule has 33 heavy (non-hydrogen) atoms. The van der Waals surface area contributed by atoms with E-state index >= 15 is 0 Å². The van der Waals surface area contributed by atoms with Crippen LogP contribution < -0.4 is 10.6 Å². The minimum Gasteiger partial charge on any atom is -0.332 e. The van der Waals surface area contributed by atoms with Crippen molar-refractivity contribution in [2.45, 2.75) is 95.9 Å². The zero-order valence-electron chi connectivity index (χ0n) is 20.6. The van der Waals surface area contributed by atoms with Gasteiger partial charge in [-0.05, 0) is 92.2 Å². The molecule has 0 spiro atoms. The molecule has 7 heteroatoms. The third-order valence-corrected chi connectivity index (χ3v) is 10.5. The molecule has 182 valence electrons. The summed E-state index contributed by atoms with van der Waals surface area (Å²) in [5, 5.41) is 6.39. The molecule has 6 rings (SSSR count). The monoisotopic (exact) mass is 473 g/mol. The highest BCUT2D eigenvalue weighted by molar-refractivity contribution is 7.89. The molecule has 0 aromatic heterocycles. The van der Waals surface area contributed by atoms with Crippen LogP contribution in [0.2, 0.25) is 0 Å². The van der Waals surface area contributed by atoms with Crippen molar-refractivity contribution in [3.05, 3.63) is 23.8 Å². The number of benzene rings is 1. The molecule has 2 amide bonds.